The first-order valence-electron chi connectivity index (χ1n) is 6.65. The van der Waals surface area contributed by atoms with Gasteiger partial charge in [0.25, 0.3) is 5.91 Å². The SMILES string of the molecule is Cc1n[nH]c(C)c1CNC(=O)c1cnc2n[nH]c(C)c2c1. The van der Waals surface area contributed by atoms with Crippen LogP contribution in [0.15, 0.2) is 12.3 Å². The first-order chi connectivity index (χ1) is 10.1. The summed E-state index contributed by atoms with van der Waals surface area (Å²) < 4.78 is 0. The average Bonchev–Trinajstić information content (AvgIpc) is 3.00. The number of H-pyrrole nitrogens is 2. The van der Waals surface area contributed by atoms with Gasteiger partial charge in [0.15, 0.2) is 5.65 Å². The molecule has 0 aliphatic rings. The second kappa shape index (κ2) is 5.01. The van der Waals surface area contributed by atoms with Crippen molar-refractivity contribution in [3.63, 3.8) is 0 Å². The summed E-state index contributed by atoms with van der Waals surface area (Å²) in [5, 5.41) is 17.7. The first-order valence-corrected chi connectivity index (χ1v) is 6.65. The van der Waals surface area contributed by atoms with Gasteiger partial charge >= 0.3 is 0 Å². The van der Waals surface area contributed by atoms with Crippen LogP contribution in [0.5, 0.6) is 0 Å². The van der Waals surface area contributed by atoms with Crippen LogP contribution in [-0.2, 0) is 6.54 Å². The predicted molar refractivity (Wildman–Crippen MR) is 77.9 cm³/mol. The van der Waals surface area contributed by atoms with Crippen LogP contribution in [0.2, 0.25) is 0 Å². The van der Waals surface area contributed by atoms with Crippen molar-refractivity contribution in [3.05, 3.63) is 40.5 Å². The number of pyridine rings is 1. The Hall–Kier alpha value is -2.70. The summed E-state index contributed by atoms with van der Waals surface area (Å²) in [6.45, 7) is 6.18. The molecule has 0 aliphatic heterocycles. The highest BCUT2D eigenvalue weighted by Gasteiger charge is 2.12. The summed E-state index contributed by atoms with van der Waals surface area (Å²) in [5.41, 5.74) is 4.90. The number of aryl methyl sites for hydroxylation is 3. The Morgan fingerprint density at radius 1 is 1.19 bits per heavy atom. The van der Waals surface area contributed by atoms with Crippen LogP contribution in [0, 0.1) is 20.8 Å². The maximum absolute atomic E-state index is 12.2. The Morgan fingerprint density at radius 2 is 1.95 bits per heavy atom. The van der Waals surface area contributed by atoms with Crippen molar-refractivity contribution in [1.82, 2.24) is 30.7 Å². The van der Waals surface area contributed by atoms with Crippen LogP contribution in [0.4, 0.5) is 0 Å². The predicted octanol–water partition coefficient (Wildman–Crippen LogP) is 1.54. The van der Waals surface area contributed by atoms with Crippen LogP contribution in [-0.4, -0.2) is 31.3 Å². The fourth-order valence-corrected chi connectivity index (χ4v) is 2.25. The molecule has 0 unspecified atom stereocenters. The third-order valence-electron chi connectivity index (χ3n) is 3.57. The molecule has 7 nitrogen and oxygen atoms in total. The van der Waals surface area contributed by atoms with Crippen LogP contribution < -0.4 is 5.32 Å². The van der Waals surface area contributed by atoms with Crippen molar-refractivity contribution in [1.29, 1.82) is 0 Å². The van der Waals surface area contributed by atoms with Gasteiger partial charge in [-0.1, -0.05) is 0 Å². The minimum absolute atomic E-state index is 0.162. The summed E-state index contributed by atoms with van der Waals surface area (Å²) in [5.74, 6) is -0.162. The number of fused-ring (bicyclic) bond motifs is 1. The van der Waals surface area contributed by atoms with E-state index in [0.29, 0.717) is 17.8 Å². The fraction of sp³-hybridized carbons (Fsp3) is 0.286. The number of hydrogen-bond donors (Lipinski definition) is 3. The van der Waals surface area contributed by atoms with Gasteiger partial charge < -0.3 is 5.32 Å². The van der Waals surface area contributed by atoms with Gasteiger partial charge in [0.1, 0.15) is 0 Å². The number of carbonyl (C=O) groups is 1. The molecule has 21 heavy (non-hydrogen) atoms. The van der Waals surface area contributed by atoms with Crippen LogP contribution in [0.25, 0.3) is 11.0 Å². The summed E-state index contributed by atoms with van der Waals surface area (Å²) >= 11 is 0. The molecule has 0 atom stereocenters. The van der Waals surface area contributed by atoms with E-state index in [1.165, 1.54) is 6.20 Å². The van der Waals surface area contributed by atoms with Gasteiger partial charge in [-0.15, -0.1) is 0 Å². The van der Waals surface area contributed by atoms with E-state index in [1.54, 1.807) is 6.07 Å². The summed E-state index contributed by atoms with van der Waals surface area (Å²) in [6.07, 6.45) is 1.53. The van der Waals surface area contributed by atoms with Crippen molar-refractivity contribution in [2.75, 3.05) is 0 Å². The van der Waals surface area contributed by atoms with Crippen LogP contribution in [0.1, 0.15) is 33.0 Å². The lowest BCUT2D eigenvalue weighted by atomic mass is 10.1. The van der Waals surface area contributed by atoms with Crippen molar-refractivity contribution in [2.24, 2.45) is 0 Å². The van der Waals surface area contributed by atoms with E-state index in [4.69, 9.17) is 0 Å². The van der Waals surface area contributed by atoms with Gasteiger partial charge in [-0.25, -0.2) is 4.98 Å². The van der Waals surface area contributed by atoms with Gasteiger partial charge in [-0.2, -0.15) is 10.2 Å². The maximum atomic E-state index is 12.2. The Kier molecular flexibility index (Phi) is 3.17. The molecule has 0 aliphatic carbocycles. The molecule has 3 aromatic heterocycles. The Morgan fingerprint density at radius 3 is 2.67 bits per heavy atom. The zero-order valence-electron chi connectivity index (χ0n) is 12.1. The lowest BCUT2D eigenvalue weighted by Crippen LogP contribution is -2.23. The van der Waals surface area contributed by atoms with E-state index in [1.807, 2.05) is 20.8 Å². The second-order valence-corrected chi connectivity index (χ2v) is 5.04. The molecule has 7 heteroatoms. The molecule has 3 aromatic rings. The number of carbonyl (C=O) groups excluding carboxylic acids is 1. The van der Waals surface area contributed by atoms with Crippen molar-refractivity contribution in [3.8, 4) is 0 Å². The zero-order valence-corrected chi connectivity index (χ0v) is 12.1. The highest BCUT2D eigenvalue weighted by molar-refractivity contribution is 5.97. The molecule has 0 bridgehead atoms. The molecule has 0 aromatic carbocycles. The monoisotopic (exact) mass is 284 g/mol. The molecule has 0 radical (unpaired) electrons. The molecular formula is C14H16N6O. The molecule has 108 valence electrons. The molecule has 3 rings (SSSR count). The molecule has 3 N–H and O–H groups in total. The summed E-state index contributed by atoms with van der Waals surface area (Å²) in [4.78, 5) is 16.4. The number of rotatable bonds is 3. The molecular weight excluding hydrogens is 268 g/mol. The number of nitrogens with one attached hydrogen (secondary N) is 3. The van der Waals surface area contributed by atoms with Gasteiger partial charge in [0.05, 0.1) is 11.3 Å². The fourth-order valence-electron chi connectivity index (χ4n) is 2.25. The summed E-state index contributed by atoms with van der Waals surface area (Å²) in [6, 6.07) is 1.80. The molecule has 3 heterocycles. The van der Waals surface area contributed by atoms with Crippen molar-refractivity contribution < 1.29 is 4.79 Å². The van der Waals surface area contributed by atoms with Gasteiger partial charge in [-0.05, 0) is 26.8 Å². The van der Waals surface area contributed by atoms with E-state index in [-0.39, 0.29) is 5.91 Å². The minimum atomic E-state index is -0.162. The topological polar surface area (TPSA) is 99.3 Å². The van der Waals surface area contributed by atoms with E-state index in [0.717, 1.165) is 28.0 Å². The molecule has 0 saturated carbocycles. The lowest BCUT2D eigenvalue weighted by Gasteiger charge is -2.05. The normalized spacial score (nSPS) is 11.0. The smallest absolute Gasteiger partial charge is 0.253 e. The van der Waals surface area contributed by atoms with Gasteiger partial charge in [-0.3, -0.25) is 15.0 Å². The van der Waals surface area contributed by atoms with Gasteiger partial charge in [0, 0.05) is 35.1 Å². The standard InChI is InChI=1S/C14H16N6O/c1-7-11-4-10(5-15-13(11)20-19-7)14(21)16-6-12-8(2)17-18-9(12)3/h4-5H,6H2,1-3H3,(H,16,21)(H,17,18)(H,15,19,20). The van der Waals surface area contributed by atoms with Crippen molar-refractivity contribution >= 4 is 16.9 Å². The number of aromatic nitrogens is 5. The third-order valence-corrected chi connectivity index (χ3v) is 3.57. The van der Waals surface area contributed by atoms with E-state index < -0.39 is 0 Å². The van der Waals surface area contributed by atoms with Crippen LogP contribution >= 0.6 is 0 Å². The summed E-state index contributed by atoms with van der Waals surface area (Å²) in [7, 11) is 0. The average molecular weight is 284 g/mol. The largest absolute Gasteiger partial charge is 0.348 e. The lowest BCUT2D eigenvalue weighted by molar-refractivity contribution is 0.0950. The number of nitrogens with zero attached hydrogens (tertiary/aromatic N) is 3. The molecule has 0 fully saturated rings. The van der Waals surface area contributed by atoms with E-state index in [2.05, 4.69) is 30.7 Å². The Balaban J connectivity index is 1.79. The van der Waals surface area contributed by atoms with Crippen molar-refractivity contribution in [2.45, 2.75) is 27.3 Å². The number of aromatic amines is 2. The minimum Gasteiger partial charge on any atom is -0.348 e. The van der Waals surface area contributed by atoms with E-state index in [9.17, 15) is 4.79 Å². The zero-order chi connectivity index (χ0) is 15.0. The highest BCUT2D eigenvalue weighted by Crippen LogP contribution is 2.15. The first kappa shape index (κ1) is 13.3. The molecule has 1 amide bonds. The Labute approximate surface area is 121 Å². The number of hydrogen-bond acceptors (Lipinski definition) is 4. The molecule has 0 spiro atoms. The number of amides is 1. The Bertz CT molecular complexity index is 797. The van der Waals surface area contributed by atoms with Crippen LogP contribution in [0.3, 0.4) is 0 Å². The third kappa shape index (κ3) is 2.37. The highest BCUT2D eigenvalue weighted by atomic mass is 16.1. The van der Waals surface area contributed by atoms with Gasteiger partial charge in [0.2, 0.25) is 0 Å². The quantitative estimate of drug-likeness (QED) is 0.679. The molecule has 0 saturated heterocycles. The van der Waals surface area contributed by atoms with E-state index >= 15 is 0 Å². The maximum Gasteiger partial charge on any atom is 0.253 e. The second-order valence-electron chi connectivity index (χ2n) is 5.04.